The summed E-state index contributed by atoms with van der Waals surface area (Å²) in [5.74, 6) is 0.0695. The minimum atomic E-state index is -4.50. The van der Waals surface area contributed by atoms with Crippen LogP contribution in [0, 0.1) is 6.92 Å². The Hall–Kier alpha value is -2.95. The highest BCUT2D eigenvalue weighted by atomic mass is 32.1. The molecule has 30 heavy (non-hydrogen) atoms. The van der Waals surface area contributed by atoms with Crippen LogP contribution in [0.2, 0.25) is 0 Å². The third-order valence-corrected chi connectivity index (χ3v) is 6.08. The van der Waals surface area contributed by atoms with E-state index in [0.29, 0.717) is 36.5 Å². The molecule has 0 spiro atoms. The summed E-state index contributed by atoms with van der Waals surface area (Å²) >= 11 is 1.32. The number of aromatic nitrogens is 4. The fraction of sp³-hybridized carbons (Fsp3) is 0.368. The molecule has 0 atom stereocenters. The molecular weight excluding hydrogens is 417 g/mol. The van der Waals surface area contributed by atoms with E-state index in [2.05, 4.69) is 20.3 Å². The molecule has 3 aromatic heterocycles. The number of halogens is 3. The summed E-state index contributed by atoms with van der Waals surface area (Å²) in [4.78, 5) is 26.8. The number of nitrogens with one attached hydrogen (secondary N) is 1. The number of carbonyl (C=O) groups is 1. The Morgan fingerprint density at radius 1 is 1.20 bits per heavy atom. The van der Waals surface area contributed by atoms with Gasteiger partial charge in [0.15, 0.2) is 5.13 Å². The van der Waals surface area contributed by atoms with Crippen LogP contribution in [0.4, 0.5) is 19.0 Å². The number of aryl methyl sites for hydroxylation is 1. The van der Waals surface area contributed by atoms with E-state index in [1.165, 1.54) is 11.3 Å². The lowest BCUT2D eigenvalue weighted by molar-refractivity contribution is -0.141. The van der Waals surface area contributed by atoms with E-state index < -0.39 is 11.9 Å². The van der Waals surface area contributed by atoms with Crippen molar-refractivity contribution in [1.82, 2.24) is 24.8 Å². The van der Waals surface area contributed by atoms with Gasteiger partial charge in [0.05, 0.1) is 5.69 Å². The number of rotatable bonds is 4. The highest BCUT2D eigenvalue weighted by molar-refractivity contribution is 7.16. The summed E-state index contributed by atoms with van der Waals surface area (Å²) in [5.41, 5.74) is -0.290. The Bertz CT molecular complexity index is 1030. The molecule has 1 amide bonds. The number of carbonyl (C=O) groups excluding carboxylic acids is 1. The Labute approximate surface area is 174 Å². The van der Waals surface area contributed by atoms with Gasteiger partial charge >= 0.3 is 6.18 Å². The van der Waals surface area contributed by atoms with Gasteiger partial charge in [0.25, 0.3) is 5.91 Å². The van der Waals surface area contributed by atoms with Crippen LogP contribution in [0.1, 0.15) is 33.9 Å². The Balaban J connectivity index is 1.37. The van der Waals surface area contributed by atoms with Gasteiger partial charge in [-0.05, 0) is 31.9 Å². The number of hydrogen-bond acceptors (Lipinski definition) is 6. The molecule has 0 bridgehead atoms. The lowest BCUT2D eigenvalue weighted by Crippen LogP contribution is -2.45. The van der Waals surface area contributed by atoms with Gasteiger partial charge in [-0.15, -0.1) is 0 Å². The fourth-order valence-corrected chi connectivity index (χ4v) is 4.28. The predicted octanol–water partition coefficient (Wildman–Crippen LogP) is 3.45. The molecule has 1 aliphatic rings. The van der Waals surface area contributed by atoms with E-state index >= 15 is 0 Å². The van der Waals surface area contributed by atoms with Crippen LogP contribution in [-0.4, -0.2) is 44.6 Å². The number of nitrogens with zero attached hydrogens (tertiary/aromatic N) is 5. The Kier molecular flexibility index (Phi) is 5.46. The average molecular weight is 436 g/mol. The monoisotopic (exact) mass is 436 g/mol. The summed E-state index contributed by atoms with van der Waals surface area (Å²) in [5, 5.41) is 3.75. The van der Waals surface area contributed by atoms with Crippen molar-refractivity contribution in [2.75, 3.05) is 18.0 Å². The zero-order valence-electron chi connectivity index (χ0n) is 16.1. The van der Waals surface area contributed by atoms with Crippen LogP contribution < -0.4 is 10.2 Å². The zero-order valence-corrected chi connectivity index (χ0v) is 16.9. The number of piperidine rings is 1. The number of hydrogen-bond donors (Lipinski definition) is 1. The van der Waals surface area contributed by atoms with Crippen molar-refractivity contribution in [3.05, 3.63) is 53.2 Å². The summed E-state index contributed by atoms with van der Waals surface area (Å²) in [6.45, 7) is 2.79. The minimum Gasteiger partial charge on any atom is -0.356 e. The van der Waals surface area contributed by atoms with Crippen LogP contribution >= 0.6 is 11.3 Å². The van der Waals surface area contributed by atoms with Crippen LogP contribution in [0.5, 0.6) is 0 Å². The van der Waals surface area contributed by atoms with Gasteiger partial charge in [-0.1, -0.05) is 11.3 Å². The van der Waals surface area contributed by atoms with Crippen molar-refractivity contribution >= 4 is 23.1 Å². The molecule has 1 fully saturated rings. The second kappa shape index (κ2) is 8.05. The standard InChI is InChI=1S/C19H19F3N6OS/c1-12-16(30-18(25-12)28-6-2-3-7-28)17(29)26-13-4-8-27(9-5-13)15-10-14(19(20,21)22)23-11-24-15/h2-3,6-7,10-11,13H,4-5,8-9H2,1H3,(H,26,29). The molecule has 4 rings (SSSR count). The molecule has 3 aromatic rings. The van der Waals surface area contributed by atoms with E-state index in [1.807, 2.05) is 29.1 Å². The number of anilines is 1. The summed E-state index contributed by atoms with van der Waals surface area (Å²) in [7, 11) is 0. The van der Waals surface area contributed by atoms with Gasteiger partial charge in [-0.2, -0.15) is 13.2 Å². The van der Waals surface area contributed by atoms with E-state index in [0.717, 1.165) is 17.5 Å². The van der Waals surface area contributed by atoms with E-state index in [4.69, 9.17) is 0 Å². The quantitative estimate of drug-likeness (QED) is 0.678. The SMILES string of the molecule is Cc1nc(-n2cccc2)sc1C(=O)NC1CCN(c2cc(C(F)(F)F)ncn2)CC1. The Morgan fingerprint density at radius 2 is 1.90 bits per heavy atom. The van der Waals surface area contributed by atoms with Crippen LogP contribution in [-0.2, 0) is 6.18 Å². The summed E-state index contributed by atoms with van der Waals surface area (Å²) in [6, 6.07) is 4.68. The third kappa shape index (κ3) is 4.30. The van der Waals surface area contributed by atoms with E-state index in [-0.39, 0.29) is 17.8 Å². The molecule has 1 N–H and O–H groups in total. The molecule has 11 heteroatoms. The molecular formula is C19H19F3N6OS. The lowest BCUT2D eigenvalue weighted by atomic mass is 10.0. The topological polar surface area (TPSA) is 75.9 Å². The smallest absolute Gasteiger partial charge is 0.356 e. The van der Waals surface area contributed by atoms with Gasteiger partial charge in [-0.25, -0.2) is 15.0 Å². The average Bonchev–Trinajstić information content (AvgIpc) is 3.38. The maximum atomic E-state index is 12.9. The zero-order chi connectivity index (χ0) is 21.3. The molecule has 0 aromatic carbocycles. The van der Waals surface area contributed by atoms with Gasteiger partial charge in [-0.3, -0.25) is 4.79 Å². The first-order valence-electron chi connectivity index (χ1n) is 9.37. The first-order valence-corrected chi connectivity index (χ1v) is 10.2. The molecule has 0 unspecified atom stereocenters. The molecule has 158 valence electrons. The largest absolute Gasteiger partial charge is 0.433 e. The van der Waals surface area contributed by atoms with Crippen molar-refractivity contribution in [3.8, 4) is 5.13 Å². The Morgan fingerprint density at radius 3 is 2.57 bits per heavy atom. The van der Waals surface area contributed by atoms with Crippen LogP contribution in [0.15, 0.2) is 36.9 Å². The number of amides is 1. The first-order chi connectivity index (χ1) is 14.3. The molecule has 4 heterocycles. The van der Waals surface area contributed by atoms with Gasteiger partial charge in [0.1, 0.15) is 22.7 Å². The highest BCUT2D eigenvalue weighted by Crippen LogP contribution is 2.29. The maximum absolute atomic E-state index is 12.9. The third-order valence-electron chi connectivity index (χ3n) is 4.91. The second-order valence-electron chi connectivity index (χ2n) is 7.00. The number of alkyl halides is 3. The molecule has 0 saturated carbocycles. The van der Waals surface area contributed by atoms with Crippen LogP contribution in [0.3, 0.4) is 0 Å². The lowest BCUT2D eigenvalue weighted by Gasteiger charge is -2.33. The molecule has 1 aliphatic heterocycles. The molecule has 1 saturated heterocycles. The molecule has 0 aliphatic carbocycles. The normalized spacial score (nSPS) is 15.4. The van der Waals surface area contributed by atoms with Crippen molar-refractivity contribution in [2.45, 2.75) is 32.0 Å². The summed E-state index contributed by atoms with van der Waals surface area (Å²) < 4.78 is 40.4. The van der Waals surface area contributed by atoms with Gasteiger partial charge < -0.3 is 14.8 Å². The van der Waals surface area contributed by atoms with Gasteiger partial charge in [0, 0.05) is 37.6 Å². The second-order valence-corrected chi connectivity index (χ2v) is 7.97. The van der Waals surface area contributed by atoms with E-state index in [9.17, 15) is 18.0 Å². The van der Waals surface area contributed by atoms with Crippen molar-refractivity contribution in [2.24, 2.45) is 0 Å². The highest BCUT2D eigenvalue weighted by Gasteiger charge is 2.33. The fourth-order valence-electron chi connectivity index (χ4n) is 3.34. The van der Waals surface area contributed by atoms with E-state index in [1.54, 1.807) is 11.8 Å². The first kappa shape index (κ1) is 20.3. The maximum Gasteiger partial charge on any atom is 0.433 e. The molecule has 7 nitrogen and oxygen atoms in total. The van der Waals surface area contributed by atoms with Gasteiger partial charge in [0.2, 0.25) is 0 Å². The predicted molar refractivity (Wildman–Crippen MR) is 106 cm³/mol. The van der Waals surface area contributed by atoms with Crippen LogP contribution in [0.25, 0.3) is 5.13 Å². The minimum absolute atomic E-state index is 0.0609. The van der Waals surface area contributed by atoms with Crippen molar-refractivity contribution in [3.63, 3.8) is 0 Å². The number of thiazole rings is 1. The molecule has 0 radical (unpaired) electrons. The van der Waals surface area contributed by atoms with Crippen molar-refractivity contribution in [1.29, 1.82) is 0 Å². The summed E-state index contributed by atoms with van der Waals surface area (Å²) in [6.07, 6.45) is 1.38. The van der Waals surface area contributed by atoms with Crippen molar-refractivity contribution < 1.29 is 18.0 Å².